The summed E-state index contributed by atoms with van der Waals surface area (Å²) >= 11 is 0. The molecule has 45 heavy (non-hydrogen) atoms. The Hall–Kier alpha value is -2.33. The summed E-state index contributed by atoms with van der Waals surface area (Å²) in [6.07, 6.45) is 11.3. The van der Waals surface area contributed by atoms with Crippen molar-refractivity contribution >= 4 is 17.6 Å². The number of carboxylic acids is 1. The van der Waals surface area contributed by atoms with Crippen LogP contribution < -0.4 is 4.90 Å². The Balaban J connectivity index is 0.000000707. The summed E-state index contributed by atoms with van der Waals surface area (Å²) in [5.74, 6) is -0.639. The molecule has 1 aromatic carbocycles. The zero-order chi connectivity index (χ0) is 33.0. The van der Waals surface area contributed by atoms with Crippen molar-refractivity contribution in [1.82, 2.24) is 14.7 Å². The number of likely N-dealkylation sites (tertiary alicyclic amines) is 1. The largest absolute Gasteiger partial charge is 0.490 e. The van der Waals surface area contributed by atoms with E-state index in [1.807, 2.05) is 0 Å². The van der Waals surface area contributed by atoms with Gasteiger partial charge in [-0.05, 0) is 96.0 Å². The zero-order valence-electron chi connectivity index (χ0n) is 28.0. The minimum absolute atomic E-state index is 0.348. The number of unbranched alkanes of at least 4 members (excludes halogenated alkanes) is 6. The van der Waals surface area contributed by atoms with Crippen LogP contribution in [-0.2, 0) is 9.59 Å². The van der Waals surface area contributed by atoms with Crippen LogP contribution in [0.3, 0.4) is 0 Å². The number of hydrogen-bond donors (Lipinski definition) is 1. The zero-order valence-corrected chi connectivity index (χ0v) is 28.0. The molecule has 10 heteroatoms. The van der Waals surface area contributed by atoms with Crippen LogP contribution in [0.15, 0.2) is 30.3 Å². The number of anilines is 1. The molecule has 0 radical (unpaired) electrons. The molecular weight excluding hydrogens is 581 g/mol. The molecule has 0 atom stereocenters. The van der Waals surface area contributed by atoms with E-state index in [1.54, 1.807) is 0 Å². The van der Waals surface area contributed by atoms with Gasteiger partial charge in [0.25, 0.3) is 0 Å². The van der Waals surface area contributed by atoms with E-state index in [0.717, 1.165) is 63.4 Å². The van der Waals surface area contributed by atoms with Gasteiger partial charge in [-0.2, -0.15) is 13.2 Å². The second-order valence-corrected chi connectivity index (χ2v) is 13.9. The number of aliphatic carboxylic acids is 1. The average molecular weight is 639 g/mol. The smallest absolute Gasteiger partial charge is 0.475 e. The first-order valence-electron chi connectivity index (χ1n) is 17.2. The van der Waals surface area contributed by atoms with Crippen LogP contribution in [0.25, 0.3) is 0 Å². The molecule has 3 aliphatic rings. The lowest BCUT2D eigenvalue weighted by Gasteiger charge is -2.47. The number of nitrogens with zero attached hydrogens (tertiary/aromatic N) is 4. The van der Waals surface area contributed by atoms with Crippen LogP contribution in [0.4, 0.5) is 18.9 Å². The number of rotatable bonds is 13. The number of halogens is 3. The number of piperidine rings is 1. The Labute approximate surface area is 269 Å². The third-order valence-corrected chi connectivity index (χ3v) is 10.2. The van der Waals surface area contributed by atoms with Crippen LogP contribution in [0.5, 0.6) is 0 Å². The predicted octanol–water partition coefficient (Wildman–Crippen LogP) is 7.27. The Morgan fingerprint density at radius 2 is 1.47 bits per heavy atom. The van der Waals surface area contributed by atoms with Crippen LogP contribution in [0, 0.1) is 11.8 Å². The highest BCUT2D eigenvalue weighted by Crippen LogP contribution is 2.41. The number of amides is 1. The van der Waals surface area contributed by atoms with Crippen LogP contribution in [0.1, 0.15) is 97.3 Å². The van der Waals surface area contributed by atoms with Gasteiger partial charge in [0.15, 0.2) is 0 Å². The molecule has 1 spiro atoms. The maximum atomic E-state index is 14.0. The van der Waals surface area contributed by atoms with Gasteiger partial charge < -0.3 is 24.7 Å². The van der Waals surface area contributed by atoms with Gasteiger partial charge in [0.1, 0.15) is 5.54 Å². The molecular formula is C35H57F3N4O3. The molecule has 4 rings (SSSR count). The van der Waals surface area contributed by atoms with E-state index in [0.29, 0.717) is 5.91 Å². The fraction of sp³-hybridized carbons (Fsp3) is 0.771. The van der Waals surface area contributed by atoms with Gasteiger partial charge in [-0.25, -0.2) is 4.79 Å². The quantitative estimate of drug-likeness (QED) is 0.229. The highest BCUT2D eigenvalue weighted by molar-refractivity contribution is 5.93. The summed E-state index contributed by atoms with van der Waals surface area (Å²) in [5, 5.41) is 7.12. The first-order valence-corrected chi connectivity index (χ1v) is 17.2. The predicted molar refractivity (Wildman–Crippen MR) is 174 cm³/mol. The van der Waals surface area contributed by atoms with Crippen LogP contribution in [0.2, 0.25) is 0 Å². The third kappa shape index (κ3) is 10.9. The van der Waals surface area contributed by atoms with Gasteiger partial charge in [0.2, 0.25) is 5.91 Å². The summed E-state index contributed by atoms with van der Waals surface area (Å²) in [6, 6.07) is 11.5. The number of benzene rings is 1. The Kier molecular flexibility index (Phi) is 14.5. The molecule has 1 saturated carbocycles. The molecule has 1 N–H and O–H groups in total. The molecule has 0 unspecified atom stereocenters. The molecule has 0 aromatic heterocycles. The maximum Gasteiger partial charge on any atom is 0.490 e. The average Bonchev–Trinajstić information content (AvgIpc) is 3.27. The van der Waals surface area contributed by atoms with Crippen LogP contribution >= 0.6 is 0 Å². The van der Waals surface area contributed by atoms with E-state index in [2.05, 4.69) is 77.9 Å². The standard InChI is InChI=1S/C33H56N4O.C2HF3O2/c1-28(2)29-17-19-30(20-18-29)35-25-21-33(22-26-35)32(38)36(27-37(33)31-15-11-10-12-16-31)24-14-9-7-5-6-8-13-23-34(3)4;3-2(4,5)1(6)7/h10-12,15-16,28-30H,5-9,13-14,17-27H2,1-4H3;(H,6,7). The van der Waals surface area contributed by atoms with Crippen molar-refractivity contribution in [2.24, 2.45) is 11.8 Å². The van der Waals surface area contributed by atoms with Crippen molar-refractivity contribution in [3.63, 3.8) is 0 Å². The second-order valence-electron chi connectivity index (χ2n) is 13.9. The lowest BCUT2D eigenvalue weighted by atomic mass is 9.78. The number of carbonyl (C=O) groups excluding carboxylic acids is 1. The summed E-state index contributed by atoms with van der Waals surface area (Å²) in [5.41, 5.74) is 0.867. The van der Waals surface area contributed by atoms with Crippen molar-refractivity contribution in [3.05, 3.63) is 30.3 Å². The molecule has 7 nitrogen and oxygen atoms in total. The first kappa shape index (κ1) is 37.1. The number of carboxylic acid groups (broad SMARTS) is 1. The summed E-state index contributed by atoms with van der Waals surface area (Å²) in [6.45, 7) is 9.77. The van der Waals surface area contributed by atoms with Crippen molar-refractivity contribution < 1.29 is 27.9 Å². The second kappa shape index (κ2) is 17.5. The van der Waals surface area contributed by atoms with Crippen molar-refractivity contribution in [2.75, 3.05) is 51.8 Å². The van der Waals surface area contributed by atoms with Crippen LogP contribution in [-0.4, -0.2) is 96.4 Å². The maximum absolute atomic E-state index is 14.0. The highest BCUT2D eigenvalue weighted by Gasteiger charge is 2.54. The Morgan fingerprint density at radius 3 is 1.98 bits per heavy atom. The van der Waals surface area contributed by atoms with Gasteiger partial charge in [-0.3, -0.25) is 4.79 Å². The van der Waals surface area contributed by atoms with Gasteiger partial charge in [0.05, 0.1) is 6.67 Å². The topological polar surface area (TPSA) is 67.3 Å². The summed E-state index contributed by atoms with van der Waals surface area (Å²) in [7, 11) is 4.31. The van der Waals surface area contributed by atoms with Gasteiger partial charge in [-0.15, -0.1) is 0 Å². The van der Waals surface area contributed by atoms with Gasteiger partial charge >= 0.3 is 12.1 Å². The normalized spacial score (nSPS) is 22.3. The van der Waals surface area contributed by atoms with Gasteiger partial charge in [0, 0.05) is 31.4 Å². The van der Waals surface area contributed by atoms with Crippen molar-refractivity contribution in [3.8, 4) is 0 Å². The minimum Gasteiger partial charge on any atom is -0.475 e. The minimum atomic E-state index is -5.08. The SMILES string of the molecule is CC(C)C1CCC(N2CCC3(CC2)C(=O)N(CCCCCCCCCN(C)C)CN3c2ccccc2)CC1.O=C(O)C(F)(F)F. The fourth-order valence-corrected chi connectivity index (χ4v) is 7.38. The fourth-order valence-electron chi connectivity index (χ4n) is 7.38. The summed E-state index contributed by atoms with van der Waals surface area (Å²) in [4.78, 5) is 32.6. The number of alkyl halides is 3. The van der Waals surface area contributed by atoms with Gasteiger partial charge in [-0.1, -0.05) is 64.2 Å². The Bertz CT molecular complexity index is 1020. The molecule has 2 saturated heterocycles. The van der Waals surface area contributed by atoms with Crippen molar-refractivity contribution in [1.29, 1.82) is 0 Å². The van der Waals surface area contributed by atoms with E-state index in [9.17, 15) is 18.0 Å². The molecule has 1 aromatic rings. The number of hydrogen-bond acceptors (Lipinski definition) is 5. The van der Waals surface area contributed by atoms with E-state index < -0.39 is 12.1 Å². The molecule has 256 valence electrons. The molecule has 2 aliphatic heterocycles. The van der Waals surface area contributed by atoms with E-state index in [-0.39, 0.29) is 5.54 Å². The molecule has 3 fully saturated rings. The number of carbonyl (C=O) groups is 2. The lowest BCUT2D eigenvalue weighted by molar-refractivity contribution is -0.192. The highest BCUT2D eigenvalue weighted by atomic mass is 19.4. The molecule has 1 amide bonds. The van der Waals surface area contributed by atoms with Crippen molar-refractivity contribution in [2.45, 2.75) is 115 Å². The Morgan fingerprint density at radius 1 is 0.933 bits per heavy atom. The van der Waals surface area contributed by atoms with E-state index in [4.69, 9.17) is 9.90 Å². The van der Waals surface area contributed by atoms with E-state index in [1.165, 1.54) is 76.4 Å². The van der Waals surface area contributed by atoms with E-state index >= 15 is 0 Å². The first-order chi connectivity index (χ1) is 21.3. The molecule has 2 heterocycles. The number of para-hydroxylation sites is 1. The lowest BCUT2D eigenvalue weighted by Crippen LogP contribution is -2.58. The molecule has 1 aliphatic carbocycles. The summed E-state index contributed by atoms with van der Waals surface area (Å²) < 4.78 is 31.7. The monoisotopic (exact) mass is 638 g/mol. The third-order valence-electron chi connectivity index (χ3n) is 10.2. The molecule has 0 bridgehead atoms.